The van der Waals surface area contributed by atoms with Crippen LogP contribution in [0.4, 0.5) is 0 Å². The molecule has 6 aromatic rings. The number of rotatable bonds is 4. The summed E-state index contributed by atoms with van der Waals surface area (Å²) in [5.41, 5.74) is 11.9. The Hall–Kier alpha value is -4.56. The van der Waals surface area contributed by atoms with E-state index < -0.39 is 0 Å². The number of allylic oxidation sites excluding steroid dienone is 7. The van der Waals surface area contributed by atoms with Crippen molar-refractivity contribution in [1.82, 2.24) is 9.13 Å². The molecule has 0 saturated heterocycles. The van der Waals surface area contributed by atoms with Gasteiger partial charge in [0.25, 0.3) is 0 Å². The van der Waals surface area contributed by atoms with Crippen LogP contribution in [0.2, 0.25) is 0 Å². The summed E-state index contributed by atoms with van der Waals surface area (Å²) in [6.45, 7) is 8.58. The Morgan fingerprint density at radius 1 is 0.795 bits per heavy atom. The number of hydrogen-bond donors (Lipinski definition) is 0. The van der Waals surface area contributed by atoms with Crippen molar-refractivity contribution in [2.45, 2.75) is 26.2 Å². The summed E-state index contributed by atoms with van der Waals surface area (Å²) < 4.78 is 4.87. The van der Waals surface area contributed by atoms with Crippen LogP contribution in [-0.2, 0) is 0 Å². The van der Waals surface area contributed by atoms with Crippen LogP contribution in [0.25, 0.3) is 60.6 Å². The number of aromatic nitrogens is 2. The van der Waals surface area contributed by atoms with Gasteiger partial charge in [-0.2, -0.15) is 0 Å². The second-order valence-electron chi connectivity index (χ2n) is 11.3. The zero-order valence-electron chi connectivity index (χ0n) is 22.4. The summed E-state index contributed by atoms with van der Waals surface area (Å²) >= 11 is 0. The smallest absolute Gasteiger partial charge is 0.0577 e. The first-order valence-corrected chi connectivity index (χ1v) is 14.0. The molecule has 2 aromatic heterocycles. The predicted molar refractivity (Wildman–Crippen MR) is 168 cm³/mol. The highest BCUT2D eigenvalue weighted by molar-refractivity contribution is 6.14. The molecule has 2 aliphatic rings. The van der Waals surface area contributed by atoms with Crippen LogP contribution in [-0.4, -0.2) is 9.13 Å². The lowest BCUT2D eigenvalue weighted by Gasteiger charge is -2.22. The number of nitrogens with zero attached hydrogens (tertiary/aromatic N) is 2. The van der Waals surface area contributed by atoms with Gasteiger partial charge in [-0.1, -0.05) is 93.2 Å². The van der Waals surface area contributed by atoms with E-state index in [2.05, 4.69) is 133 Å². The second kappa shape index (κ2) is 8.22. The number of fused-ring (bicyclic) bond motifs is 9. The average Bonchev–Trinajstić information content (AvgIpc) is 3.60. The van der Waals surface area contributed by atoms with E-state index in [1.54, 1.807) is 0 Å². The SMILES string of the molecule is C=C/C(=C\C(C)C)n1c2ccccc2c2cc(C3=CC=C4C(C3)c3cccc5c6ccccc6n4c35)ccc21. The topological polar surface area (TPSA) is 9.86 Å². The van der Waals surface area contributed by atoms with Crippen molar-refractivity contribution < 1.29 is 0 Å². The third-order valence-electron chi connectivity index (χ3n) is 8.61. The van der Waals surface area contributed by atoms with Crippen LogP contribution in [0.15, 0.2) is 116 Å². The van der Waals surface area contributed by atoms with Gasteiger partial charge in [-0.25, -0.2) is 0 Å². The zero-order chi connectivity index (χ0) is 26.2. The summed E-state index contributed by atoms with van der Waals surface area (Å²) in [5, 5.41) is 5.28. The molecule has 0 bridgehead atoms. The minimum atomic E-state index is 0.381. The van der Waals surface area contributed by atoms with Gasteiger partial charge in [0.2, 0.25) is 0 Å². The molecule has 2 heteroatoms. The van der Waals surface area contributed by atoms with E-state index in [9.17, 15) is 0 Å². The lowest BCUT2D eigenvalue weighted by atomic mass is 9.84. The van der Waals surface area contributed by atoms with Gasteiger partial charge in [0.15, 0.2) is 0 Å². The van der Waals surface area contributed by atoms with Crippen molar-refractivity contribution in [3.8, 4) is 0 Å². The molecule has 0 fully saturated rings. The van der Waals surface area contributed by atoms with E-state index in [1.165, 1.54) is 66.0 Å². The van der Waals surface area contributed by atoms with E-state index >= 15 is 0 Å². The molecule has 0 radical (unpaired) electrons. The summed E-state index contributed by atoms with van der Waals surface area (Å²) in [4.78, 5) is 0. The number of hydrogen-bond acceptors (Lipinski definition) is 0. The van der Waals surface area contributed by atoms with Crippen LogP contribution in [0.5, 0.6) is 0 Å². The normalized spacial score (nSPS) is 16.9. The highest BCUT2D eigenvalue weighted by Crippen LogP contribution is 2.51. The van der Waals surface area contributed by atoms with Crippen molar-refractivity contribution in [3.05, 3.63) is 127 Å². The zero-order valence-corrected chi connectivity index (χ0v) is 22.4. The monoisotopic (exact) mass is 502 g/mol. The van der Waals surface area contributed by atoms with Gasteiger partial charge >= 0.3 is 0 Å². The minimum absolute atomic E-state index is 0.381. The van der Waals surface area contributed by atoms with Gasteiger partial charge in [-0.05, 0) is 65.5 Å². The average molecular weight is 503 g/mol. The molecule has 8 rings (SSSR count). The van der Waals surface area contributed by atoms with Gasteiger partial charge in [-0.3, -0.25) is 0 Å². The van der Waals surface area contributed by atoms with Crippen molar-refractivity contribution in [2.75, 3.05) is 0 Å². The largest absolute Gasteiger partial charge is 0.312 e. The van der Waals surface area contributed by atoms with E-state index in [-0.39, 0.29) is 0 Å². The summed E-state index contributed by atoms with van der Waals surface area (Å²) in [7, 11) is 0. The van der Waals surface area contributed by atoms with E-state index in [0.29, 0.717) is 11.8 Å². The third-order valence-corrected chi connectivity index (χ3v) is 8.61. The van der Waals surface area contributed by atoms with Gasteiger partial charge in [-0.15, -0.1) is 0 Å². The van der Waals surface area contributed by atoms with Crippen LogP contribution in [0, 0.1) is 5.92 Å². The maximum atomic E-state index is 4.15. The van der Waals surface area contributed by atoms with Gasteiger partial charge < -0.3 is 9.13 Å². The molecule has 4 aromatic carbocycles. The van der Waals surface area contributed by atoms with Gasteiger partial charge in [0.05, 0.1) is 22.1 Å². The fourth-order valence-corrected chi connectivity index (χ4v) is 7.03. The van der Waals surface area contributed by atoms with Crippen LogP contribution < -0.4 is 0 Å². The molecule has 188 valence electrons. The maximum absolute atomic E-state index is 4.15. The van der Waals surface area contributed by atoms with E-state index in [0.717, 1.165) is 12.1 Å². The summed E-state index contributed by atoms with van der Waals surface area (Å²) in [6, 6.07) is 31.4. The van der Waals surface area contributed by atoms with Crippen LogP contribution in [0.3, 0.4) is 0 Å². The quantitative estimate of drug-likeness (QED) is 0.212. The third kappa shape index (κ3) is 3.09. The lowest BCUT2D eigenvalue weighted by Crippen LogP contribution is -2.05. The Morgan fingerprint density at radius 2 is 1.51 bits per heavy atom. The highest BCUT2D eigenvalue weighted by Gasteiger charge is 2.33. The van der Waals surface area contributed by atoms with Crippen molar-refractivity contribution in [2.24, 2.45) is 5.92 Å². The molecule has 3 heterocycles. The fourth-order valence-electron chi connectivity index (χ4n) is 7.03. The first kappa shape index (κ1) is 22.4. The Bertz CT molecular complexity index is 2090. The van der Waals surface area contributed by atoms with Gasteiger partial charge in [0, 0.05) is 38.9 Å². The lowest BCUT2D eigenvalue weighted by molar-refractivity contribution is 0.829. The van der Waals surface area contributed by atoms with Crippen LogP contribution in [0.1, 0.15) is 37.3 Å². The van der Waals surface area contributed by atoms with E-state index in [4.69, 9.17) is 0 Å². The highest BCUT2D eigenvalue weighted by atomic mass is 15.0. The van der Waals surface area contributed by atoms with Gasteiger partial charge in [0.1, 0.15) is 0 Å². The van der Waals surface area contributed by atoms with Crippen molar-refractivity contribution in [1.29, 1.82) is 0 Å². The summed E-state index contributed by atoms with van der Waals surface area (Å²) in [5.74, 6) is 0.821. The predicted octanol–water partition coefficient (Wildman–Crippen LogP) is 10.0. The molecule has 0 spiro atoms. The van der Waals surface area contributed by atoms with Crippen LogP contribution >= 0.6 is 0 Å². The van der Waals surface area contributed by atoms with Crippen molar-refractivity contribution in [3.63, 3.8) is 0 Å². The molecule has 1 unspecified atom stereocenters. The molecule has 1 aliphatic heterocycles. The molecule has 0 amide bonds. The molecular weight excluding hydrogens is 472 g/mol. The molecule has 1 aliphatic carbocycles. The first-order chi connectivity index (χ1) is 19.1. The minimum Gasteiger partial charge on any atom is -0.312 e. The second-order valence-corrected chi connectivity index (χ2v) is 11.3. The number of para-hydroxylation sites is 3. The Kier molecular flexibility index (Phi) is 4.73. The van der Waals surface area contributed by atoms with E-state index in [1.807, 2.05) is 6.08 Å². The maximum Gasteiger partial charge on any atom is 0.0577 e. The molecule has 39 heavy (non-hydrogen) atoms. The Morgan fingerprint density at radius 3 is 2.31 bits per heavy atom. The molecule has 0 N–H and O–H groups in total. The molecule has 2 nitrogen and oxygen atoms in total. The number of benzene rings is 4. The standard InChI is InChI=1S/C37H30N2/c1-4-26(20-23(2)3)38-33-14-7-6-11-28(33)31-21-24(16-18-35(31)38)25-17-19-36-32(22-25)30-13-9-12-29-27-10-5-8-15-34(27)39(36)37(29)30/h4-21,23,32H,1,22H2,2-3H3/b26-20+. The fraction of sp³-hybridized carbons (Fsp3) is 0.135. The Balaban J connectivity index is 1.29. The molecule has 0 saturated carbocycles. The first-order valence-electron chi connectivity index (χ1n) is 14.0. The Labute approximate surface area is 228 Å². The molecule has 1 atom stereocenters. The molecular formula is C37H30N2. The van der Waals surface area contributed by atoms with Crippen molar-refractivity contribution >= 4 is 60.6 Å². The summed E-state index contributed by atoms with van der Waals surface area (Å²) in [6.07, 6.45) is 10.0.